The Bertz CT molecular complexity index is 404. The molecule has 4 nitrogen and oxygen atoms in total. The van der Waals surface area contributed by atoms with Gasteiger partial charge in [-0.1, -0.05) is 26.8 Å². The van der Waals surface area contributed by atoms with Gasteiger partial charge in [0.05, 0.1) is 12.3 Å². The fourth-order valence-electron chi connectivity index (χ4n) is 1.78. The van der Waals surface area contributed by atoms with E-state index in [9.17, 15) is 5.11 Å². The number of hydrogen-bond acceptors (Lipinski definition) is 4. The van der Waals surface area contributed by atoms with Gasteiger partial charge in [0.25, 0.3) is 0 Å². The van der Waals surface area contributed by atoms with E-state index in [4.69, 9.17) is 4.43 Å². The molecule has 21 heavy (non-hydrogen) atoms. The number of nitrogens with zero attached hydrogens (tertiary/aromatic N) is 2. The number of aromatic nitrogens is 1. The van der Waals surface area contributed by atoms with Gasteiger partial charge < -0.3 is 9.53 Å². The fourth-order valence-corrected chi connectivity index (χ4v) is 2.81. The van der Waals surface area contributed by atoms with Gasteiger partial charge in [-0.3, -0.25) is 9.88 Å². The first kappa shape index (κ1) is 18.3. The van der Waals surface area contributed by atoms with Gasteiger partial charge in [0.1, 0.15) is 0 Å². The lowest BCUT2D eigenvalue weighted by Crippen LogP contribution is -2.43. The van der Waals surface area contributed by atoms with Crippen LogP contribution in [0, 0.1) is 0 Å². The summed E-state index contributed by atoms with van der Waals surface area (Å²) < 4.78 is 6.20. The lowest BCUT2D eigenvalue weighted by Gasteiger charge is -2.36. The molecule has 1 aromatic heterocycles. The topological polar surface area (TPSA) is 45.6 Å². The third-order valence-electron chi connectivity index (χ3n) is 4.20. The molecule has 0 aliphatic carbocycles. The van der Waals surface area contributed by atoms with Crippen LogP contribution in [0.3, 0.4) is 0 Å². The maximum atomic E-state index is 9.21. The lowest BCUT2D eigenvalue weighted by atomic mass is 10.2. The minimum atomic E-state index is -1.69. The summed E-state index contributed by atoms with van der Waals surface area (Å²) in [6, 6.07) is 5.92. The number of aliphatic hydroxyl groups is 1. The van der Waals surface area contributed by atoms with Crippen LogP contribution in [0.4, 0.5) is 0 Å². The lowest BCUT2D eigenvalue weighted by molar-refractivity contribution is 0.156. The molecule has 0 saturated carbocycles. The third kappa shape index (κ3) is 6.26. The van der Waals surface area contributed by atoms with Crippen molar-refractivity contribution in [1.82, 2.24) is 9.88 Å². The van der Waals surface area contributed by atoms with Gasteiger partial charge in [0.15, 0.2) is 8.32 Å². The smallest absolute Gasteiger partial charge is 0.192 e. The Labute approximate surface area is 130 Å². The van der Waals surface area contributed by atoms with Gasteiger partial charge in [0.2, 0.25) is 0 Å². The van der Waals surface area contributed by atoms with Crippen molar-refractivity contribution >= 4 is 8.32 Å². The molecule has 0 atom stereocenters. The third-order valence-corrected chi connectivity index (χ3v) is 8.74. The van der Waals surface area contributed by atoms with E-state index < -0.39 is 8.32 Å². The Morgan fingerprint density at radius 3 is 2.48 bits per heavy atom. The predicted molar refractivity (Wildman–Crippen MR) is 89.7 cm³/mol. The standard InChI is InChI=1S/C16H30N2O2Si/c1-16(2,3)21(4,5)20-13-11-18(10-12-19)14-15-8-6-7-9-17-15/h6-9,19H,10-14H2,1-5H3. The maximum Gasteiger partial charge on any atom is 0.192 e. The van der Waals surface area contributed by atoms with Crippen molar-refractivity contribution in [2.24, 2.45) is 0 Å². The molecule has 0 unspecified atom stereocenters. The number of hydrogen-bond donors (Lipinski definition) is 1. The first-order valence-electron chi connectivity index (χ1n) is 7.63. The van der Waals surface area contributed by atoms with E-state index in [1.807, 2.05) is 18.2 Å². The predicted octanol–water partition coefficient (Wildman–Crippen LogP) is 2.90. The summed E-state index contributed by atoms with van der Waals surface area (Å²) in [5, 5.41) is 9.44. The van der Waals surface area contributed by atoms with Gasteiger partial charge in [-0.15, -0.1) is 0 Å². The van der Waals surface area contributed by atoms with Crippen LogP contribution in [0.5, 0.6) is 0 Å². The minimum Gasteiger partial charge on any atom is -0.416 e. The first-order chi connectivity index (χ1) is 9.76. The molecule has 120 valence electrons. The van der Waals surface area contributed by atoms with Crippen LogP contribution < -0.4 is 0 Å². The van der Waals surface area contributed by atoms with Gasteiger partial charge in [-0.05, 0) is 30.3 Å². The molecule has 0 fully saturated rings. The summed E-state index contributed by atoms with van der Waals surface area (Å²) in [5.41, 5.74) is 1.03. The molecule has 1 aromatic rings. The molecule has 0 radical (unpaired) electrons. The van der Waals surface area contributed by atoms with Crippen molar-refractivity contribution in [3.05, 3.63) is 30.1 Å². The van der Waals surface area contributed by atoms with E-state index in [0.717, 1.165) is 18.8 Å². The second-order valence-corrected chi connectivity index (χ2v) is 11.7. The second kappa shape index (κ2) is 8.03. The van der Waals surface area contributed by atoms with Gasteiger partial charge in [-0.25, -0.2) is 0 Å². The minimum absolute atomic E-state index is 0.160. The highest BCUT2D eigenvalue weighted by molar-refractivity contribution is 6.74. The van der Waals surface area contributed by atoms with E-state index in [0.29, 0.717) is 13.2 Å². The van der Waals surface area contributed by atoms with Crippen molar-refractivity contribution in [1.29, 1.82) is 0 Å². The normalized spacial score (nSPS) is 12.9. The van der Waals surface area contributed by atoms with Crippen LogP contribution in [0.1, 0.15) is 26.5 Å². The van der Waals surface area contributed by atoms with Gasteiger partial charge in [0, 0.05) is 32.4 Å². The number of rotatable bonds is 8. The highest BCUT2D eigenvalue weighted by Crippen LogP contribution is 2.36. The largest absolute Gasteiger partial charge is 0.416 e. The molecule has 0 spiro atoms. The van der Waals surface area contributed by atoms with Crippen molar-refractivity contribution in [3.8, 4) is 0 Å². The van der Waals surface area contributed by atoms with E-state index >= 15 is 0 Å². The molecule has 0 aromatic carbocycles. The summed E-state index contributed by atoms with van der Waals surface area (Å²) in [6.07, 6.45) is 1.80. The molecule has 1 N–H and O–H groups in total. The van der Waals surface area contributed by atoms with Crippen LogP contribution in [0.2, 0.25) is 18.1 Å². The molecule has 1 rings (SSSR count). The van der Waals surface area contributed by atoms with Crippen LogP contribution in [-0.4, -0.2) is 49.6 Å². The number of aliphatic hydroxyl groups excluding tert-OH is 1. The Balaban J connectivity index is 2.49. The first-order valence-corrected chi connectivity index (χ1v) is 10.5. The molecular weight excluding hydrogens is 280 g/mol. The van der Waals surface area contributed by atoms with Gasteiger partial charge >= 0.3 is 0 Å². The molecule has 0 bridgehead atoms. The molecular formula is C16H30N2O2Si. The van der Waals surface area contributed by atoms with Crippen molar-refractivity contribution in [2.75, 3.05) is 26.3 Å². The Kier molecular flexibility index (Phi) is 7.00. The molecule has 0 saturated heterocycles. The van der Waals surface area contributed by atoms with Crippen molar-refractivity contribution in [2.45, 2.75) is 45.4 Å². The Morgan fingerprint density at radius 2 is 1.95 bits per heavy atom. The SMILES string of the molecule is CC(C)(C)[Si](C)(C)OCCN(CCO)Cc1ccccn1. The average Bonchev–Trinajstić information content (AvgIpc) is 2.38. The molecule has 0 aliphatic heterocycles. The Hall–Kier alpha value is -0.753. The quantitative estimate of drug-likeness (QED) is 0.750. The van der Waals surface area contributed by atoms with Crippen LogP contribution in [0.15, 0.2) is 24.4 Å². The summed E-state index contributed by atoms with van der Waals surface area (Å²) >= 11 is 0. The van der Waals surface area contributed by atoms with Crippen LogP contribution in [0.25, 0.3) is 0 Å². The van der Waals surface area contributed by atoms with E-state index in [2.05, 4.69) is 43.7 Å². The average molecular weight is 311 g/mol. The van der Waals surface area contributed by atoms with Crippen molar-refractivity contribution in [3.63, 3.8) is 0 Å². The second-order valence-electron chi connectivity index (χ2n) is 6.93. The summed E-state index contributed by atoms with van der Waals surface area (Å²) in [6.45, 7) is 14.4. The van der Waals surface area contributed by atoms with Crippen molar-refractivity contribution < 1.29 is 9.53 Å². The Morgan fingerprint density at radius 1 is 1.24 bits per heavy atom. The highest BCUT2D eigenvalue weighted by Gasteiger charge is 2.36. The molecule has 5 heteroatoms. The summed E-state index contributed by atoms with van der Waals surface area (Å²) in [7, 11) is -1.69. The van der Waals surface area contributed by atoms with Crippen LogP contribution in [-0.2, 0) is 11.0 Å². The van der Waals surface area contributed by atoms with E-state index in [1.165, 1.54) is 0 Å². The zero-order valence-corrected chi connectivity index (χ0v) is 15.1. The maximum absolute atomic E-state index is 9.21. The van der Waals surface area contributed by atoms with E-state index in [1.54, 1.807) is 6.20 Å². The van der Waals surface area contributed by atoms with Gasteiger partial charge in [-0.2, -0.15) is 0 Å². The molecule has 0 amide bonds. The molecule has 0 aliphatic rings. The molecule has 1 heterocycles. The van der Waals surface area contributed by atoms with E-state index in [-0.39, 0.29) is 11.6 Å². The summed E-state index contributed by atoms with van der Waals surface area (Å²) in [4.78, 5) is 6.53. The number of pyridine rings is 1. The monoisotopic (exact) mass is 310 g/mol. The summed E-state index contributed by atoms with van der Waals surface area (Å²) in [5.74, 6) is 0. The fraction of sp³-hybridized carbons (Fsp3) is 0.688. The zero-order chi connectivity index (χ0) is 15.9. The van der Waals surface area contributed by atoms with Crippen LogP contribution >= 0.6 is 0 Å². The zero-order valence-electron chi connectivity index (χ0n) is 14.1. The highest BCUT2D eigenvalue weighted by atomic mass is 28.4.